The van der Waals surface area contributed by atoms with E-state index in [4.69, 9.17) is 4.74 Å². The Morgan fingerprint density at radius 2 is 2.00 bits per heavy atom. The molecule has 0 bridgehead atoms. The van der Waals surface area contributed by atoms with Crippen LogP contribution < -0.4 is 5.32 Å². The summed E-state index contributed by atoms with van der Waals surface area (Å²) in [7, 11) is 1.88. The summed E-state index contributed by atoms with van der Waals surface area (Å²) in [6.07, 6.45) is 7.39. The van der Waals surface area contributed by atoms with Crippen LogP contribution >= 0.6 is 0 Å². The van der Waals surface area contributed by atoms with E-state index in [1.807, 2.05) is 7.11 Å². The molecule has 1 aliphatic heterocycles. The van der Waals surface area contributed by atoms with Crippen LogP contribution in [-0.2, 0) is 4.74 Å². The first-order valence-corrected chi connectivity index (χ1v) is 5.65. The van der Waals surface area contributed by atoms with E-state index in [0.717, 1.165) is 11.8 Å². The van der Waals surface area contributed by atoms with Crippen molar-refractivity contribution in [2.75, 3.05) is 20.2 Å². The molecule has 1 aliphatic carbocycles. The van der Waals surface area contributed by atoms with Gasteiger partial charge in [0.1, 0.15) is 0 Å². The Morgan fingerprint density at radius 1 is 1.15 bits per heavy atom. The Kier molecular flexibility index (Phi) is 3.23. The molecule has 1 saturated carbocycles. The fraction of sp³-hybridized carbons (Fsp3) is 1.00. The molecule has 3 unspecified atom stereocenters. The zero-order valence-electron chi connectivity index (χ0n) is 8.59. The van der Waals surface area contributed by atoms with Gasteiger partial charge in [0.15, 0.2) is 0 Å². The van der Waals surface area contributed by atoms with Crippen LogP contribution in [0.5, 0.6) is 0 Å². The summed E-state index contributed by atoms with van der Waals surface area (Å²) in [6, 6.07) is 0. The predicted octanol–water partition coefficient (Wildman–Crippen LogP) is 1.80. The van der Waals surface area contributed by atoms with Crippen molar-refractivity contribution in [1.29, 1.82) is 0 Å². The fourth-order valence-corrected chi connectivity index (χ4v) is 3.00. The van der Waals surface area contributed by atoms with Crippen molar-refractivity contribution in [3.63, 3.8) is 0 Å². The SMILES string of the molecule is COC1CCCCC1C1CCNC1. The van der Waals surface area contributed by atoms with Gasteiger partial charge in [-0.25, -0.2) is 0 Å². The second-order valence-electron chi connectivity index (χ2n) is 4.48. The minimum Gasteiger partial charge on any atom is -0.381 e. The number of hydrogen-bond acceptors (Lipinski definition) is 2. The lowest BCUT2D eigenvalue weighted by molar-refractivity contribution is 0.00223. The van der Waals surface area contributed by atoms with E-state index in [1.54, 1.807) is 0 Å². The Morgan fingerprint density at radius 3 is 2.69 bits per heavy atom. The van der Waals surface area contributed by atoms with Gasteiger partial charge in [-0.3, -0.25) is 0 Å². The minimum absolute atomic E-state index is 0.554. The van der Waals surface area contributed by atoms with Gasteiger partial charge in [0.05, 0.1) is 6.10 Å². The highest BCUT2D eigenvalue weighted by Gasteiger charge is 2.33. The zero-order valence-corrected chi connectivity index (χ0v) is 8.59. The molecule has 0 aromatic carbocycles. The fourth-order valence-electron chi connectivity index (χ4n) is 3.00. The highest BCUT2D eigenvalue weighted by molar-refractivity contribution is 4.85. The summed E-state index contributed by atoms with van der Waals surface area (Å²) < 4.78 is 5.59. The topological polar surface area (TPSA) is 21.3 Å². The molecule has 1 N–H and O–H groups in total. The van der Waals surface area contributed by atoms with Crippen LogP contribution in [0.1, 0.15) is 32.1 Å². The average Bonchev–Trinajstić information content (AvgIpc) is 2.70. The van der Waals surface area contributed by atoms with Crippen LogP contribution in [0, 0.1) is 11.8 Å². The van der Waals surface area contributed by atoms with Crippen LogP contribution in [0.15, 0.2) is 0 Å². The highest BCUT2D eigenvalue weighted by Crippen LogP contribution is 2.34. The van der Waals surface area contributed by atoms with Crippen molar-refractivity contribution in [2.45, 2.75) is 38.2 Å². The molecule has 0 spiro atoms. The van der Waals surface area contributed by atoms with Crippen LogP contribution in [0.4, 0.5) is 0 Å². The molecule has 0 radical (unpaired) electrons. The van der Waals surface area contributed by atoms with E-state index in [2.05, 4.69) is 5.32 Å². The number of nitrogens with one attached hydrogen (secondary N) is 1. The van der Waals surface area contributed by atoms with Gasteiger partial charge in [0.25, 0.3) is 0 Å². The summed E-state index contributed by atoms with van der Waals surface area (Å²) >= 11 is 0. The Hall–Kier alpha value is -0.0800. The van der Waals surface area contributed by atoms with E-state index in [0.29, 0.717) is 6.10 Å². The summed E-state index contributed by atoms with van der Waals surface area (Å²) in [4.78, 5) is 0. The summed E-state index contributed by atoms with van der Waals surface area (Å²) in [5.41, 5.74) is 0. The largest absolute Gasteiger partial charge is 0.381 e. The van der Waals surface area contributed by atoms with Crippen LogP contribution in [0.25, 0.3) is 0 Å². The molecule has 1 saturated heterocycles. The first-order chi connectivity index (χ1) is 6.42. The number of hydrogen-bond donors (Lipinski definition) is 1. The van der Waals surface area contributed by atoms with E-state index in [-0.39, 0.29) is 0 Å². The predicted molar refractivity (Wildman–Crippen MR) is 53.7 cm³/mol. The van der Waals surface area contributed by atoms with Crippen molar-refractivity contribution in [3.05, 3.63) is 0 Å². The van der Waals surface area contributed by atoms with Crippen molar-refractivity contribution < 1.29 is 4.74 Å². The van der Waals surface area contributed by atoms with Gasteiger partial charge in [-0.05, 0) is 44.2 Å². The second kappa shape index (κ2) is 4.43. The van der Waals surface area contributed by atoms with Crippen molar-refractivity contribution >= 4 is 0 Å². The molecule has 76 valence electrons. The second-order valence-corrected chi connectivity index (χ2v) is 4.48. The van der Waals surface area contributed by atoms with Crippen LogP contribution in [0.3, 0.4) is 0 Å². The molecule has 2 nitrogen and oxygen atoms in total. The summed E-state index contributed by atoms with van der Waals surface area (Å²) in [5, 5.41) is 3.46. The van der Waals surface area contributed by atoms with Crippen molar-refractivity contribution in [3.8, 4) is 0 Å². The van der Waals surface area contributed by atoms with Gasteiger partial charge in [-0.2, -0.15) is 0 Å². The van der Waals surface area contributed by atoms with E-state index in [1.165, 1.54) is 45.2 Å². The molecular formula is C11H21NO. The lowest BCUT2D eigenvalue weighted by atomic mass is 9.77. The number of ether oxygens (including phenoxy) is 1. The molecule has 2 fully saturated rings. The maximum atomic E-state index is 5.59. The van der Waals surface area contributed by atoms with Gasteiger partial charge in [0.2, 0.25) is 0 Å². The quantitative estimate of drug-likeness (QED) is 0.705. The van der Waals surface area contributed by atoms with Crippen molar-refractivity contribution in [2.24, 2.45) is 11.8 Å². The Bertz CT molecular complexity index is 152. The van der Waals surface area contributed by atoms with Gasteiger partial charge < -0.3 is 10.1 Å². The molecule has 2 heteroatoms. The molecule has 2 aliphatic rings. The minimum atomic E-state index is 0.554. The summed E-state index contributed by atoms with van der Waals surface area (Å²) in [5.74, 6) is 1.74. The normalized spacial score (nSPS) is 40.8. The highest BCUT2D eigenvalue weighted by atomic mass is 16.5. The third-order valence-corrected chi connectivity index (χ3v) is 3.76. The number of methoxy groups -OCH3 is 1. The molecule has 0 aromatic rings. The standard InChI is InChI=1S/C11H21NO/c1-13-11-5-3-2-4-10(11)9-6-7-12-8-9/h9-12H,2-8H2,1H3. The zero-order chi connectivity index (χ0) is 9.10. The Balaban J connectivity index is 1.93. The van der Waals surface area contributed by atoms with Gasteiger partial charge in [-0.1, -0.05) is 12.8 Å². The molecule has 2 rings (SSSR count). The van der Waals surface area contributed by atoms with Crippen molar-refractivity contribution in [1.82, 2.24) is 5.32 Å². The molecule has 1 heterocycles. The molecular weight excluding hydrogens is 162 g/mol. The van der Waals surface area contributed by atoms with Crippen LogP contribution in [-0.4, -0.2) is 26.3 Å². The van der Waals surface area contributed by atoms with E-state index < -0.39 is 0 Å². The van der Waals surface area contributed by atoms with Gasteiger partial charge in [0, 0.05) is 7.11 Å². The van der Waals surface area contributed by atoms with E-state index >= 15 is 0 Å². The smallest absolute Gasteiger partial charge is 0.0602 e. The first-order valence-electron chi connectivity index (χ1n) is 5.65. The maximum absolute atomic E-state index is 5.59. The third-order valence-electron chi connectivity index (χ3n) is 3.76. The third kappa shape index (κ3) is 2.05. The lowest BCUT2D eigenvalue weighted by Gasteiger charge is -2.34. The Labute approximate surface area is 81.0 Å². The van der Waals surface area contributed by atoms with Gasteiger partial charge >= 0.3 is 0 Å². The maximum Gasteiger partial charge on any atom is 0.0602 e. The van der Waals surface area contributed by atoms with E-state index in [9.17, 15) is 0 Å². The first kappa shape index (κ1) is 9.47. The van der Waals surface area contributed by atoms with Crippen LogP contribution in [0.2, 0.25) is 0 Å². The average molecular weight is 183 g/mol. The molecule has 13 heavy (non-hydrogen) atoms. The molecule has 3 atom stereocenters. The molecule has 0 amide bonds. The molecule has 0 aromatic heterocycles. The lowest BCUT2D eigenvalue weighted by Crippen LogP contribution is -2.33. The number of rotatable bonds is 2. The van der Waals surface area contributed by atoms with Gasteiger partial charge in [-0.15, -0.1) is 0 Å². The summed E-state index contributed by atoms with van der Waals surface area (Å²) in [6.45, 7) is 2.45. The monoisotopic (exact) mass is 183 g/mol.